The van der Waals surface area contributed by atoms with E-state index in [1.54, 1.807) is 11.3 Å². The maximum atomic E-state index is 12.9. The highest BCUT2D eigenvalue weighted by molar-refractivity contribution is 7.11. The SMILES string of the molecule is CC=C(c1scc(C(=O)NCc2c(C)cc(C)[nH]c2=O)c1C)[C@H]1CC[C@H](NC(=O)O)CC1. The van der Waals surface area contributed by atoms with E-state index in [0.717, 1.165) is 47.4 Å². The third-order valence-corrected chi connectivity index (χ3v) is 7.40. The molecular weight excluding hydrogens is 426 g/mol. The second-order valence-corrected chi connectivity index (χ2v) is 9.35. The van der Waals surface area contributed by atoms with E-state index in [9.17, 15) is 14.4 Å². The van der Waals surface area contributed by atoms with Crippen LogP contribution in [0.3, 0.4) is 0 Å². The molecule has 0 radical (unpaired) electrons. The van der Waals surface area contributed by atoms with Gasteiger partial charge in [-0.25, -0.2) is 4.79 Å². The van der Waals surface area contributed by atoms with Gasteiger partial charge in [-0.15, -0.1) is 11.3 Å². The number of allylic oxidation sites excluding steroid dienone is 2. The van der Waals surface area contributed by atoms with E-state index in [1.165, 1.54) is 5.57 Å². The van der Waals surface area contributed by atoms with Gasteiger partial charge in [0.05, 0.1) is 5.56 Å². The van der Waals surface area contributed by atoms with Gasteiger partial charge < -0.3 is 20.7 Å². The minimum atomic E-state index is -0.965. The van der Waals surface area contributed by atoms with E-state index in [-0.39, 0.29) is 24.1 Å². The molecule has 1 fully saturated rings. The van der Waals surface area contributed by atoms with Crippen LogP contribution in [-0.4, -0.2) is 28.1 Å². The summed E-state index contributed by atoms with van der Waals surface area (Å²) in [6, 6.07) is 1.91. The lowest BCUT2D eigenvalue weighted by Gasteiger charge is -2.30. The Kier molecular flexibility index (Phi) is 7.56. The van der Waals surface area contributed by atoms with Crippen molar-refractivity contribution >= 4 is 28.9 Å². The van der Waals surface area contributed by atoms with Crippen LogP contribution in [0.15, 0.2) is 22.3 Å². The maximum Gasteiger partial charge on any atom is 0.404 e. The van der Waals surface area contributed by atoms with Crippen molar-refractivity contribution in [1.82, 2.24) is 15.6 Å². The average Bonchev–Trinajstić information content (AvgIpc) is 3.10. The van der Waals surface area contributed by atoms with Crippen LogP contribution in [0.25, 0.3) is 5.57 Å². The Morgan fingerprint density at radius 2 is 1.91 bits per heavy atom. The molecule has 0 aromatic carbocycles. The van der Waals surface area contributed by atoms with Crippen LogP contribution >= 0.6 is 11.3 Å². The van der Waals surface area contributed by atoms with Crippen LogP contribution in [0.4, 0.5) is 4.79 Å². The topological polar surface area (TPSA) is 111 Å². The lowest BCUT2D eigenvalue weighted by Crippen LogP contribution is -2.36. The molecule has 0 spiro atoms. The second kappa shape index (κ2) is 10.2. The summed E-state index contributed by atoms with van der Waals surface area (Å²) in [6.07, 6.45) is 4.61. The van der Waals surface area contributed by atoms with E-state index >= 15 is 0 Å². The number of hydrogen-bond donors (Lipinski definition) is 4. The van der Waals surface area contributed by atoms with Gasteiger partial charge in [0.25, 0.3) is 11.5 Å². The zero-order valence-corrected chi connectivity index (χ0v) is 19.8. The van der Waals surface area contributed by atoms with Crippen molar-refractivity contribution in [2.24, 2.45) is 5.92 Å². The van der Waals surface area contributed by atoms with E-state index < -0.39 is 6.09 Å². The maximum absolute atomic E-state index is 12.9. The molecule has 0 saturated heterocycles. The average molecular weight is 458 g/mol. The Morgan fingerprint density at radius 3 is 2.50 bits per heavy atom. The molecule has 2 aromatic heterocycles. The third kappa shape index (κ3) is 5.30. The van der Waals surface area contributed by atoms with Gasteiger partial charge in [0.2, 0.25) is 0 Å². The molecule has 4 N–H and O–H groups in total. The molecule has 0 atom stereocenters. The molecule has 1 saturated carbocycles. The van der Waals surface area contributed by atoms with Crippen LogP contribution in [0.1, 0.15) is 70.2 Å². The first kappa shape index (κ1) is 23.8. The molecule has 1 aliphatic carbocycles. The highest BCUT2D eigenvalue weighted by Gasteiger charge is 2.27. The summed E-state index contributed by atoms with van der Waals surface area (Å²) in [6.45, 7) is 7.87. The normalized spacial score (nSPS) is 18.9. The molecule has 0 aliphatic heterocycles. The molecule has 2 amide bonds. The van der Waals surface area contributed by atoms with Gasteiger partial charge in [0.1, 0.15) is 0 Å². The van der Waals surface area contributed by atoms with E-state index in [1.807, 2.05) is 39.1 Å². The number of hydrogen-bond acceptors (Lipinski definition) is 4. The fourth-order valence-corrected chi connectivity index (χ4v) is 5.79. The number of aromatic nitrogens is 1. The number of aryl methyl sites for hydroxylation is 2. The first-order valence-electron chi connectivity index (χ1n) is 10.9. The second-order valence-electron chi connectivity index (χ2n) is 8.47. The number of H-pyrrole nitrogens is 1. The van der Waals surface area contributed by atoms with Gasteiger partial charge in [-0.2, -0.15) is 0 Å². The quantitative estimate of drug-likeness (QED) is 0.511. The number of amides is 2. The molecule has 1 aliphatic rings. The van der Waals surface area contributed by atoms with Crippen molar-refractivity contribution in [3.63, 3.8) is 0 Å². The first-order chi connectivity index (χ1) is 15.2. The summed E-state index contributed by atoms with van der Waals surface area (Å²) in [5.74, 6) is 0.170. The van der Waals surface area contributed by atoms with Crippen LogP contribution in [0.5, 0.6) is 0 Å². The van der Waals surface area contributed by atoms with Crippen molar-refractivity contribution in [3.8, 4) is 0 Å². The number of nitrogens with one attached hydrogen (secondary N) is 3. The largest absolute Gasteiger partial charge is 0.465 e. The molecule has 0 unspecified atom stereocenters. The van der Waals surface area contributed by atoms with Crippen molar-refractivity contribution in [1.29, 1.82) is 0 Å². The van der Waals surface area contributed by atoms with Gasteiger partial charge in [0.15, 0.2) is 0 Å². The van der Waals surface area contributed by atoms with Gasteiger partial charge in [-0.3, -0.25) is 9.59 Å². The lowest BCUT2D eigenvalue weighted by atomic mass is 9.80. The number of carbonyl (C=O) groups is 2. The zero-order chi connectivity index (χ0) is 23.4. The van der Waals surface area contributed by atoms with Gasteiger partial charge in [-0.05, 0) is 82.1 Å². The molecule has 8 heteroatoms. The van der Waals surface area contributed by atoms with Crippen LogP contribution in [0.2, 0.25) is 0 Å². The molecule has 2 aromatic rings. The van der Waals surface area contributed by atoms with Crippen LogP contribution in [0, 0.1) is 26.7 Å². The van der Waals surface area contributed by atoms with Gasteiger partial charge in [0, 0.05) is 34.1 Å². The summed E-state index contributed by atoms with van der Waals surface area (Å²) in [7, 11) is 0. The Hall–Kier alpha value is -2.87. The minimum Gasteiger partial charge on any atom is -0.465 e. The Morgan fingerprint density at radius 1 is 1.22 bits per heavy atom. The highest BCUT2D eigenvalue weighted by atomic mass is 32.1. The van der Waals surface area contributed by atoms with Crippen LogP contribution < -0.4 is 16.2 Å². The van der Waals surface area contributed by atoms with Crippen molar-refractivity contribution in [2.75, 3.05) is 0 Å². The monoisotopic (exact) mass is 457 g/mol. The summed E-state index contributed by atoms with van der Waals surface area (Å²) in [5.41, 5.74) is 4.86. The third-order valence-electron chi connectivity index (χ3n) is 6.27. The molecular formula is C24H31N3O4S. The number of carboxylic acid groups (broad SMARTS) is 1. The van der Waals surface area contributed by atoms with E-state index in [0.29, 0.717) is 17.0 Å². The summed E-state index contributed by atoms with van der Waals surface area (Å²) in [5, 5.41) is 16.3. The van der Waals surface area contributed by atoms with Crippen molar-refractivity contribution in [3.05, 3.63) is 60.7 Å². The van der Waals surface area contributed by atoms with Crippen LogP contribution in [-0.2, 0) is 6.54 Å². The van der Waals surface area contributed by atoms with Crippen molar-refractivity contribution in [2.45, 2.75) is 66.0 Å². The van der Waals surface area contributed by atoms with Gasteiger partial charge >= 0.3 is 6.09 Å². The smallest absolute Gasteiger partial charge is 0.404 e. The molecule has 32 heavy (non-hydrogen) atoms. The van der Waals surface area contributed by atoms with E-state index in [2.05, 4.69) is 21.7 Å². The predicted octanol–water partition coefficient (Wildman–Crippen LogP) is 4.52. The minimum absolute atomic E-state index is 0.0148. The summed E-state index contributed by atoms with van der Waals surface area (Å²) < 4.78 is 0. The molecule has 0 bridgehead atoms. The number of carbonyl (C=O) groups excluding carboxylic acids is 1. The summed E-state index contributed by atoms with van der Waals surface area (Å²) >= 11 is 1.57. The highest BCUT2D eigenvalue weighted by Crippen LogP contribution is 2.40. The first-order valence-corrected chi connectivity index (χ1v) is 11.8. The van der Waals surface area contributed by atoms with E-state index in [4.69, 9.17) is 5.11 Å². The predicted molar refractivity (Wildman–Crippen MR) is 127 cm³/mol. The zero-order valence-electron chi connectivity index (χ0n) is 19.0. The number of thiophene rings is 1. The Labute approximate surface area is 192 Å². The molecule has 2 heterocycles. The lowest BCUT2D eigenvalue weighted by molar-refractivity contribution is 0.0950. The number of pyridine rings is 1. The molecule has 7 nitrogen and oxygen atoms in total. The number of aromatic amines is 1. The van der Waals surface area contributed by atoms with Gasteiger partial charge in [-0.1, -0.05) is 6.08 Å². The standard InChI is InChI=1S/C24H31N3O4S/c1-5-18(16-6-8-17(9-7-16)27-24(30)31)21-15(4)20(12-32-21)22(28)25-11-19-13(2)10-14(3)26-23(19)29/h5,10,12,16-17,27H,6-9,11H2,1-4H3,(H,25,28)(H,26,29)(H,30,31)/t16-,17-. The Balaban J connectivity index is 1.69. The Bertz CT molecular complexity index is 1090. The molecule has 3 rings (SSSR count). The fourth-order valence-electron chi connectivity index (χ4n) is 4.57. The summed E-state index contributed by atoms with van der Waals surface area (Å²) in [4.78, 5) is 39.9. The number of rotatable bonds is 6. The fraction of sp³-hybridized carbons (Fsp3) is 0.458. The van der Waals surface area contributed by atoms with Crippen molar-refractivity contribution < 1.29 is 14.7 Å². The molecule has 172 valence electrons.